The van der Waals surface area contributed by atoms with Crippen LogP contribution in [0.25, 0.3) is 10.1 Å². The second-order valence-corrected chi connectivity index (χ2v) is 4.79. The van der Waals surface area contributed by atoms with Crippen LogP contribution in [0.1, 0.15) is 12.0 Å². The van der Waals surface area contributed by atoms with Crippen molar-refractivity contribution in [2.75, 3.05) is 0 Å². The van der Waals surface area contributed by atoms with Crippen LogP contribution in [0.3, 0.4) is 0 Å². The van der Waals surface area contributed by atoms with Gasteiger partial charge in [0.2, 0.25) is 0 Å². The van der Waals surface area contributed by atoms with Crippen LogP contribution in [0.2, 0.25) is 0 Å². The molecule has 0 radical (unpaired) electrons. The molecule has 1 aromatic carbocycles. The van der Waals surface area contributed by atoms with Crippen LogP contribution in [-0.4, -0.2) is 5.11 Å². The molecule has 1 nitrogen and oxygen atoms in total. The summed E-state index contributed by atoms with van der Waals surface area (Å²) >= 11 is 3.27. The molecule has 2 aromatic rings. The van der Waals surface area contributed by atoms with Gasteiger partial charge in [-0.15, -0.1) is 11.3 Å². The standard InChI is InChI=1S/C9H5F2IOS/c10-9(11)5-3-6-4(1-2-14-6)7(12)8(5)13/h1-3,9,13H. The van der Waals surface area contributed by atoms with Gasteiger partial charge in [-0.1, -0.05) is 0 Å². The van der Waals surface area contributed by atoms with E-state index >= 15 is 0 Å². The van der Waals surface area contributed by atoms with Crippen LogP contribution in [0.15, 0.2) is 17.5 Å². The summed E-state index contributed by atoms with van der Waals surface area (Å²) in [6.45, 7) is 0. The van der Waals surface area contributed by atoms with Gasteiger partial charge in [0, 0.05) is 10.1 Å². The Bertz CT molecular complexity index is 481. The Kier molecular flexibility index (Phi) is 2.61. The first-order valence-electron chi connectivity index (χ1n) is 3.78. The van der Waals surface area contributed by atoms with Gasteiger partial charge >= 0.3 is 0 Å². The highest BCUT2D eigenvalue weighted by Crippen LogP contribution is 2.39. The maximum absolute atomic E-state index is 12.5. The van der Waals surface area contributed by atoms with Crippen molar-refractivity contribution in [2.45, 2.75) is 6.43 Å². The van der Waals surface area contributed by atoms with Crippen LogP contribution in [0.5, 0.6) is 5.75 Å². The minimum atomic E-state index is -2.63. The molecule has 0 aliphatic carbocycles. The zero-order valence-corrected chi connectivity index (χ0v) is 9.77. The lowest BCUT2D eigenvalue weighted by Crippen LogP contribution is -1.87. The fourth-order valence-electron chi connectivity index (χ4n) is 1.24. The normalized spacial score (nSPS) is 11.4. The summed E-state index contributed by atoms with van der Waals surface area (Å²) in [5, 5.41) is 12.2. The third kappa shape index (κ3) is 1.48. The first kappa shape index (κ1) is 10.1. The van der Waals surface area contributed by atoms with E-state index in [2.05, 4.69) is 0 Å². The molecule has 1 N–H and O–H groups in total. The second kappa shape index (κ2) is 3.62. The Hall–Kier alpha value is -0.430. The summed E-state index contributed by atoms with van der Waals surface area (Å²) in [4.78, 5) is 0. The number of hydrogen-bond donors (Lipinski definition) is 1. The molecule has 0 bridgehead atoms. The maximum atomic E-state index is 12.5. The van der Waals surface area contributed by atoms with Gasteiger partial charge in [0.1, 0.15) is 5.75 Å². The minimum Gasteiger partial charge on any atom is -0.506 e. The van der Waals surface area contributed by atoms with Crippen LogP contribution in [0, 0.1) is 3.57 Å². The van der Waals surface area contributed by atoms with Crippen LogP contribution in [0.4, 0.5) is 8.78 Å². The maximum Gasteiger partial charge on any atom is 0.267 e. The van der Waals surface area contributed by atoms with Crippen molar-refractivity contribution in [2.24, 2.45) is 0 Å². The molecule has 74 valence electrons. The summed E-state index contributed by atoms with van der Waals surface area (Å²) in [7, 11) is 0. The molecule has 2 rings (SSSR count). The minimum absolute atomic E-state index is 0.288. The molecule has 0 aliphatic rings. The molecule has 0 atom stereocenters. The number of fused-ring (bicyclic) bond motifs is 1. The van der Waals surface area contributed by atoms with Crippen molar-refractivity contribution in [1.29, 1.82) is 0 Å². The van der Waals surface area contributed by atoms with E-state index in [4.69, 9.17) is 0 Å². The third-order valence-electron chi connectivity index (χ3n) is 1.93. The van der Waals surface area contributed by atoms with E-state index in [1.54, 1.807) is 0 Å². The molecule has 0 amide bonds. The molecule has 0 saturated carbocycles. The van der Waals surface area contributed by atoms with Gasteiger partial charge in [0.05, 0.1) is 9.13 Å². The van der Waals surface area contributed by atoms with E-state index in [-0.39, 0.29) is 11.3 Å². The van der Waals surface area contributed by atoms with Crippen molar-refractivity contribution in [3.8, 4) is 5.75 Å². The fraction of sp³-hybridized carbons (Fsp3) is 0.111. The SMILES string of the molecule is Oc1c(C(F)F)cc2sccc2c1I. The fourth-order valence-corrected chi connectivity index (χ4v) is 3.05. The van der Waals surface area contributed by atoms with Crippen LogP contribution < -0.4 is 0 Å². The largest absolute Gasteiger partial charge is 0.506 e. The number of hydrogen-bond acceptors (Lipinski definition) is 2. The van der Waals surface area contributed by atoms with E-state index in [0.717, 1.165) is 10.1 Å². The predicted molar refractivity (Wildman–Crippen MR) is 61.2 cm³/mol. The van der Waals surface area contributed by atoms with Gasteiger partial charge in [-0.25, -0.2) is 8.78 Å². The number of phenolic OH excluding ortho intramolecular Hbond substituents is 1. The quantitative estimate of drug-likeness (QED) is 0.781. The molecule has 5 heteroatoms. The van der Waals surface area contributed by atoms with Crippen LogP contribution >= 0.6 is 33.9 Å². The predicted octanol–water partition coefficient (Wildman–Crippen LogP) is 4.15. The highest BCUT2D eigenvalue weighted by molar-refractivity contribution is 14.1. The number of phenols is 1. The summed E-state index contributed by atoms with van der Waals surface area (Å²) in [5.41, 5.74) is -0.288. The molecule has 0 spiro atoms. The molecule has 1 aromatic heterocycles. The Morgan fingerprint density at radius 1 is 1.43 bits per heavy atom. The van der Waals surface area contributed by atoms with Gasteiger partial charge in [-0.3, -0.25) is 0 Å². The highest BCUT2D eigenvalue weighted by Gasteiger charge is 2.17. The topological polar surface area (TPSA) is 20.2 Å². The van der Waals surface area contributed by atoms with E-state index < -0.39 is 6.43 Å². The first-order valence-corrected chi connectivity index (χ1v) is 5.74. The number of aromatic hydroxyl groups is 1. The summed E-state index contributed by atoms with van der Waals surface area (Å²) in [6, 6.07) is 3.17. The number of rotatable bonds is 1. The third-order valence-corrected chi connectivity index (χ3v) is 3.89. The number of benzene rings is 1. The molecule has 14 heavy (non-hydrogen) atoms. The second-order valence-electron chi connectivity index (χ2n) is 2.76. The lowest BCUT2D eigenvalue weighted by Gasteiger charge is -2.06. The molecule has 0 aliphatic heterocycles. The van der Waals surface area contributed by atoms with Crippen molar-refractivity contribution >= 4 is 44.0 Å². The van der Waals surface area contributed by atoms with Gasteiger partial charge in [0.25, 0.3) is 6.43 Å². The summed E-state index contributed by atoms with van der Waals surface area (Å²) in [6.07, 6.45) is -2.63. The van der Waals surface area contributed by atoms with Gasteiger partial charge < -0.3 is 5.11 Å². The Labute approximate surface area is 96.5 Å². The Morgan fingerprint density at radius 2 is 2.14 bits per heavy atom. The summed E-state index contributed by atoms with van der Waals surface area (Å²) < 4.78 is 26.2. The lowest BCUT2D eigenvalue weighted by atomic mass is 10.1. The van der Waals surface area contributed by atoms with E-state index in [1.165, 1.54) is 17.4 Å². The zero-order valence-electron chi connectivity index (χ0n) is 6.80. The van der Waals surface area contributed by atoms with Crippen molar-refractivity contribution in [1.82, 2.24) is 0 Å². The Balaban J connectivity index is 2.80. The van der Waals surface area contributed by atoms with Gasteiger partial charge in [-0.05, 0) is 40.1 Å². The van der Waals surface area contributed by atoms with Crippen molar-refractivity contribution in [3.63, 3.8) is 0 Å². The highest BCUT2D eigenvalue weighted by atomic mass is 127. The Morgan fingerprint density at radius 3 is 2.79 bits per heavy atom. The van der Waals surface area contributed by atoms with E-state index in [0.29, 0.717) is 3.57 Å². The number of thiophene rings is 1. The molecule has 1 heterocycles. The van der Waals surface area contributed by atoms with E-state index in [1.807, 2.05) is 34.0 Å². The van der Waals surface area contributed by atoms with Gasteiger partial charge in [0.15, 0.2) is 0 Å². The lowest BCUT2D eigenvalue weighted by molar-refractivity contribution is 0.147. The van der Waals surface area contributed by atoms with Crippen LogP contribution in [-0.2, 0) is 0 Å². The monoisotopic (exact) mass is 326 g/mol. The molecule has 0 fully saturated rings. The molecular formula is C9H5F2IOS. The zero-order chi connectivity index (χ0) is 10.3. The first-order chi connectivity index (χ1) is 6.61. The summed E-state index contributed by atoms with van der Waals surface area (Å²) in [5.74, 6) is -0.300. The average molecular weight is 326 g/mol. The van der Waals surface area contributed by atoms with Crippen molar-refractivity contribution in [3.05, 3.63) is 26.6 Å². The van der Waals surface area contributed by atoms with Crippen molar-refractivity contribution < 1.29 is 13.9 Å². The molecule has 0 unspecified atom stereocenters. The molecular weight excluding hydrogens is 321 g/mol. The van der Waals surface area contributed by atoms with Gasteiger partial charge in [-0.2, -0.15) is 0 Å². The van der Waals surface area contributed by atoms with E-state index in [9.17, 15) is 13.9 Å². The number of alkyl halides is 2. The average Bonchev–Trinajstić information content (AvgIpc) is 2.58. The smallest absolute Gasteiger partial charge is 0.267 e. The molecule has 0 saturated heterocycles. The number of halogens is 3.